The fourth-order valence-electron chi connectivity index (χ4n) is 3.53. The highest BCUT2D eigenvalue weighted by atomic mass is 32.2. The maximum Gasteiger partial charge on any atom is 0.317 e. The van der Waals surface area contributed by atoms with Gasteiger partial charge in [0, 0.05) is 0 Å². The van der Waals surface area contributed by atoms with Gasteiger partial charge in [0.25, 0.3) is 5.91 Å². The first-order chi connectivity index (χ1) is 16.7. The van der Waals surface area contributed by atoms with Crippen LogP contribution in [0.3, 0.4) is 0 Å². The van der Waals surface area contributed by atoms with Crippen molar-refractivity contribution in [2.24, 2.45) is 5.10 Å². The molecule has 4 aromatic rings. The van der Waals surface area contributed by atoms with Gasteiger partial charge in [-0.1, -0.05) is 42.5 Å². The molecular formula is C26H27N4O3S+. The Morgan fingerprint density at radius 2 is 1.88 bits per heavy atom. The average Bonchev–Trinajstić information content (AvgIpc) is 3.21. The minimum Gasteiger partial charge on any atom is -0.493 e. The molecular weight excluding hydrogens is 448 g/mol. The molecule has 0 unspecified atom stereocenters. The average molecular weight is 476 g/mol. The number of fused-ring (bicyclic) bond motifs is 1. The maximum absolute atomic E-state index is 12.4. The van der Waals surface area contributed by atoms with Crippen LogP contribution in [-0.2, 0) is 11.3 Å². The largest absolute Gasteiger partial charge is 0.493 e. The van der Waals surface area contributed by atoms with E-state index in [4.69, 9.17) is 9.47 Å². The lowest BCUT2D eigenvalue weighted by Gasteiger charge is -2.09. The number of para-hydroxylation sites is 2. The number of imidazole rings is 1. The van der Waals surface area contributed by atoms with E-state index in [1.54, 1.807) is 13.3 Å². The predicted octanol–water partition coefficient (Wildman–Crippen LogP) is 4.15. The fourth-order valence-corrected chi connectivity index (χ4v) is 4.36. The summed E-state index contributed by atoms with van der Waals surface area (Å²) in [6, 6.07) is 23.9. The molecule has 0 aliphatic rings. The number of carbonyl (C=O) groups excluding carboxylic acids is 1. The van der Waals surface area contributed by atoms with Crippen LogP contribution in [0.2, 0.25) is 0 Å². The zero-order valence-electron chi connectivity index (χ0n) is 19.2. The molecule has 0 saturated heterocycles. The fraction of sp³-hybridized carbons (Fsp3) is 0.192. The van der Waals surface area contributed by atoms with Gasteiger partial charge in [0.1, 0.15) is 6.54 Å². The van der Waals surface area contributed by atoms with Crippen molar-refractivity contribution in [1.29, 1.82) is 0 Å². The SMILES string of the molecule is CCOc1ccc(C=NNC(=O)CSc2[nH]c3ccccc3[n+]2Cc2ccccc2)cc1OC. The number of benzene rings is 3. The number of nitrogens with zero attached hydrogens (tertiary/aromatic N) is 2. The van der Waals surface area contributed by atoms with Gasteiger partial charge in [-0.05, 0) is 60.1 Å². The van der Waals surface area contributed by atoms with E-state index in [2.05, 4.69) is 38.3 Å². The molecule has 174 valence electrons. The van der Waals surface area contributed by atoms with Crippen LogP contribution in [-0.4, -0.2) is 36.6 Å². The standard InChI is InChI=1S/C26H26N4O3S/c1-3-33-23-14-13-20(15-24(23)32-2)16-27-29-25(31)18-34-26-28-21-11-7-8-12-22(21)30(26)17-19-9-5-4-6-10-19/h4-16H,3,17-18H2,1-2H3,(H,29,31)/p+1. The van der Waals surface area contributed by atoms with E-state index in [9.17, 15) is 4.79 Å². The Kier molecular flexibility index (Phi) is 7.83. The highest BCUT2D eigenvalue weighted by molar-refractivity contribution is 7.99. The Hall–Kier alpha value is -3.78. The Bertz CT molecular complexity index is 1290. The van der Waals surface area contributed by atoms with Crippen molar-refractivity contribution in [3.05, 3.63) is 83.9 Å². The lowest BCUT2D eigenvalue weighted by atomic mass is 10.2. The molecule has 1 heterocycles. The summed E-state index contributed by atoms with van der Waals surface area (Å²) >= 11 is 1.44. The minimum atomic E-state index is -0.191. The number of carbonyl (C=O) groups is 1. The summed E-state index contributed by atoms with van der Waals surface area (Å²) in [5, 5.41) is 5.00. The van der Waals surface area contributed by atoms with Gasteiger partial charge in [-0.15, -0.1) is 0 Å². The van der Waals surface area contributed by atoms with Gasteiger partial charge in [-0.2, -0.15) is 5.10 Å². The monoisotopic (exact) mass is 475 g/mol. The minimum absolute atomic E-state index is 0.191. The van der Waals surface area contributed by atoms with E-state index in [1.165, 1.54) is 17.3 Å². The number of aromatic amines is 1. The Balaban J connectivity index is 1.40. The first-order valence-corrected chi connectivity index (χ1v) is 12.0. The molecule has 0 fully saturated rings. The van der Waals surface area contributed by atoms with Crippen molar-refractivity contribution in [3.63, 3.8) is 0 Å². The van der Waals surface area contributed by atoms with Crippen LogP contribution < -0.4 is 19.5 Å². The number of hydrogen-bond acceptors (Lipinski definition) is 5. The molecule has 2 N–H and O–H groups in total. The molecule has 0 saturated carbocycles. The summed E-state index contributed by atoms with van der Waals surface area (Å²) in [6.07, 6.45) is 1.58. The summed E-state index contributed by atoms with van der Waals surface area (Å²) in [4.78, 5) is 15.9. The number of thioether (sulfide) groups is 1. The molecule has 3 aromatic carbocycles. The Morgan fingerprint density at radius 1 is 1.09 bits per heavy atom. The topological polar surface area (TPSA) is 79.6 Å². The number of amides is 1. The highest BCUT2D eigenvalue weighted by Gasteiger charge is 2.20. The number of hydrazone groups is 1. The Labute approximate surface area is 202 Å². The van der Waals surface area contributed by atoms with Crippen molar-refractivity contribution in [1.82, 2.24) is 10.4 Å². The molecule has 0 radical (unpaired) electrons. The van der Waals surface area contributed by atoms with Crippen molar-refractivity contribution < 1.29 is 18.8 Å². The molecule has 1 aromatic heterocycles. The molecule has 0 bridgehead atoms. The molecule has 4 rings (SSSR count). The van der Waals surface area contributed by atoms with Gasteiger partial charge in [-0.25, -0.2) is 15.0 Å². The van der Waals surface area contributed by atoms with Gasteiger partial charge in [-0.3, -0.25) is 4.79 Å². The normalized spacial score (nSPS) is 11.1. The van der Waals surface area contributed by atoms with Crippen LogP contribution in [0.15, 0.2) is 83.1 Å². The van der Waals surface area contributed by atoms with Crippen LogP contribution >= 0.6 is 11.8 Å². The van der Waals surface area contributed by atoms with Crippen LogP contribution in [0, 0.1) is 0 Å². The van der Waals surface area contributed by atoms with E-state index >= 15 is 0 Å². The Morgan fingerprint density at radius 3 is 2.68 bits per heavy atom. The van der Waals surface area contributed by atoms with E-state index < -0.39 is 0 Å². The molecule has 0 aliphatic carbocycles. The van der Waals surface area contributed by atoms with E-state index in [-0.39, 0.29) is 11.7 Å². The number of H-pyrrole nitrogens is 1. The molecule has 0 aliphatic heterocycles. The molecule has 34 heavy (non-hydrogen) atoms. The van der Waals surface area contributed by atoms with Gasteiger partial charge >= 0.3 is 5.16 Å². The molecule has 1 amide bonds. The number of rotatable bonds is 10. The number of nitrogens with one attached hydrogen (secondary N) is 2. The summed E-state index contributed by atoms with van der Waals surface area (Å²) in [6.45, 7) is 3.19. The van der Waals surface area contributed by atoms with Crippen LogP contribution in [0.5, 0.6) is 11.5 Å². The van der Waals surface area contributed by atoms with Gasteiger partial charge in [0.2, 0.25) is 0 Å². The molecule has 8 heteroatoms. The van der Waals surface area contributed by atoms with Gasteiger partial charge in [0.05, 0.1) is 25.7 Å². The van der Waals surface area contributed by atoms with Crippen molar-refractivity contribution in [2.45, 2.75) is 18.6 Å². The third-order valence-electron chi connectivity index (χ3n) is 5.10. The number of methoxy groups -OCH3 is 1. The summed E-state index contributed by atoms with van der Waals surface area (Å²) < 4.78 is 13.1. The van der Waals surface area contributed by atoms with Crippen LogP contribution in [0.1, 0.15) is 18.1 Å². The van der Waals surface area contributed by atoms with Crippen LogP contribution in [0.25, 0.3) is 11.0 Å². The van der Waals surface area contributed by atoms with Gasteiger partial charge in [0.15, 0.2) is 22.5 Å². The maximum atomic E-state index is 12.4. The van der Waals surface area contributed by atoms with Crippen molar-refractivity contribution in [3.8, 4) is 11.5 Å². The molecule has 0 spiro atoms. The number of aromatic nitrogens is 2. The lowest BCUT2D eigenvalue weighted by molar-refractivity contribution is -0.700. The quantitative estimate of drug-likeness (QED) is 0.156. The third-order valence-corrected chi connectivity index (χ3v) is 6.10. The van der Waals surface area contributed by atoms with Crippen molar-refractivity contribution >= 4 is 34.9 Å². The van der Waals surface area contributed by atoms with Crippen molar-refractivity contribution in [2.75, 3.05) is 19.5 Å². The number of ether oxygens (including phenoxy) is 2. The molecule has 0 atom stereocenters. The second kappa shape index (κ2) is 11.4. The van der Waals surface area contributed by atoms with Crippen LogP contribution in [0.4, 0.5) is 0 Å². The van der Waals surface area contributed by atoms with Gasteiger partial charge < -0.3 is 9.47 Å². The predicted molar refractivity (Wildman–Crippen MR) is 135 cm³/mol. The second-order valence-electron chi connectivity index (χ2n) is 7.44. The van der Waals surface area contributed by atoms with E-state index in [0.29, 0.717) is 24.7 Å². The molecule has 7 nitrogen and oxygen atoms in total. The summed E-state index contributed by atoms with van der Waals surface area (Å²) in [7, 11) is 1.59. The third kappa shape index (κ3) is 5.77. The first kappa shape index (κ1) is 23.4. The summed E-state index contributed by atoms with van der Waals surface area (Å²) in [5.74, 6) is 1.33. The lowest BCUT2D eigenvalue weighted by Crippen LogP contribution is -2.36. The zero-order chi connectivity index (χ0) is 23.8. The van der Waals surface area contributed by atoms with E-state index in [1.807, 2.05) is 61.5 Å². The second-order valence-corrected chi connectivity index (χ2v) is 8.41. The summed E-state index contributed by atoms with van der Waals surface area (Å²) in [5.41, 5.74) is 6.71. The highest BCUT2D eigenvalue weighted by Crippen LogP contribution is 2.27. The zero-order valence-corrected chi connectivity index (χ0v) is 20.0. The first-order valence-electron chi connectivity index (χ1n) is 11.0. The van der Waals surface area contributed by atoms with E-state index in [0.717, 1.165) is 21.8 Å². The smallest absolute Gasteiger partial charge is 0.317 e. The number of hydrogen-bond donors (Lipinski definition) is 2.